The van der Waals surface area contributed by atoms with Gasteiger partial charge in [-0.15, -0.1) is 0 Å². The normalized spacial score (nSPS) is 29.9. The van der Waals surface area contributed by atoms with Crippen molar-refractivity contribution in [1.29, 1.82) is 0 Å². The van der Waals surface area contributed by atoms with Crippen molar-refractivity contribution in [1.82, 2.24) is 9.88 Å². The molecule has 3 heteroatoms. The average Bonchev–Trinajstić information content (AvgIpc) is 2.70. The van der Waals surface area contributed by atoms with Crippen molar-refractivity contribution in [3.8, 4) is 0 Å². The minimum atomic E-state index is 0.389. The highest BCUT2D eigenvalue weighted by atomic mass is 16.2. The van der Waals surface area contributed by atoms with Gasteiger partial charge in [-0.2, -0.15) is 0 Å². The van der Waals surface area contributed by atoms with E-state index in [2.05, 4.69) is 28.9 Å². The van der Waals surface area contributed by atoms with Gasteiger partial charge in [0.15, 0.2) is 0 Å². The van der Waals surface area contributed by atoms with Crippen LogP contribution in [0.2, 0.25) is 0 Å². The van der Waals surface area contributed by atoms with E-state index in [9.17, 15) is 4.79 Å². The molecular weight excluding hydrogens is 356 g/mol. The zero-order valence-electron chi connectivity index (χ0n) is 18.5. The molecule has 4 aliphatic rings. The number of aryl methyl sites for hydroxylation is 1. The van der Waals surface area contributed by atoms with Crippen LogP contribution in [0.3, 0.4) is 0 Å². The van der Waals surface area contributed by atoms with Crippen LogP contribution in [-0.4, -0.2) is 28.9 Å². The summed E-state index contributed by atoms with van der Waals surface area (Å²) in [4.78, 5) is 19.4. The molecule has 1 aromatic rings. The largest absolute Gasteiger partial charge is 0.343 e. The number of nitrogens with zero attached hydrogens (tertiary/aromatic N) is 2. The Kier molecular flexibility index (Phi) is 6.92. The topological polar surface area (TPSA) is 33.2 Å². The maximum absolute atomic E-state index is 13.1. The Morgan fingerprint density at radius 3 is 2.28 bits per heavy atom. The molecule has 0 aromatic carbocycles. The minimum Gasteiger partial charge on any atom is -0.343 e. The number of rotatable bonds is 11. The predicted octanol–water partition coefficient (Wildman–Crippen LogP) is 6.03. The number of carbonyl (C=O) groups excluding carboxylic acids is 1. The molecule has 3 nitrogen and oxygen atoms in total. The minimum absolute atomic E-state index is 0.389. The summed E-state index contributed by atoms with van der Waals surface area (Å²) in [5, 5.41) is 0. The van der Waals surface area contributed by atoms with Gasteiger partial charge in [-0.1, -0.05) is 19.8 Å². The van der Waals surface area contributed by atoms with Crippen molar-refractivity contribution in [2.45, 2.75) is 90.4 Å². The number of carbonyl (C=O) groups is 1. The molecular formula is C26H40N2O. The molecule has 0 atom stereocenters. The molecule has 1 amide bonds. The van der Waals surface area contributed by atoms with E-state index < -0.39 is 0 Å². The van der Waals surface area contributed by atoms with Crippen LogP contribution in [0.25, 0.3) is 0 Å². The predicted molar refractivity (Wildman–Crippen MR) is 119 cm³/mol. The summed E-state index contributed by atoms with van der Waals surface area (Å²) in [5.74, 6) is 3.41. The summed E-state index contributed by atoms with van der Waals surface area (Å²) in [6.45, 7) is 4.22. The van der Waals surface area contributed by atoms with E-state index in [1.807, 2.05) is 12.4 Å². The lowest BCUT2D eigenvalue weighted by molar-refractivity contribution is -0.132. The van der Waals surface area contributed by atoms with Crippen LogP contribution >= 0.6 is 0 Å². The summed E-state index contributed by atoms with van der Waals surface area (Å²) in [6, 6.07) is 4.13. The number of aromatic nitrogens is 1. The van der Waals surface area contributed by atoms with Crippen molar-refractivity contribution >= 4 is 5.91 Å². The van der Waals surface area contributed by atoms with Gasteiger partial charge in [-0.05, 0) is 105 Å². The molecule has 1 heterocycles. The van der Waals surface area contributed by atoms with Gasteiger partial charge in [0.2, 0.25) is 5.91 Å². The molecule has 4 fully saturated rings. The third-order valence-corrected chi connectivity index (χ3v) is 8.07. The molecule has 0 radical (unpaired) electrons. The van der Waals surface area contributed by atoms with Gasteiger partial charge < -0.3 is 4.90 Å². The lowest BCUT2D eigenvalue weighted by atomic mass is 9.49. The molecule has 1 aromatic heterocycles. The maximum Gasteiger partial charge on any atom is 0.222 e. The fraction of sp³-hybridized carbons (Fsp3) is 0.769. The van der Waals surface area contributed by atoms with E-state index in [1.165, 1.54) is 63.4 Å². The number of hydrogen-bond donors (Lipinski definition) is 0. The molecule has 0 saturated heterocycles. The van der Waals surface area contributed by atoms with Crippen LogP contribution in [0.5, 0.6) is 0 Å². The van der Waals surface area contributed by atoms with Crippen molar-refractivity contribution in [3.63, 3.8) is 0 Å². The fourth-order valence-electron chi connectivity index (χ4n) is 7.03. The zero-order chi connectivity index (χ0) is 20.1. The molecule has 0 N–H and O–H groups in total. The first kappa shape index (κ1) is 20.9. The van der Waals surface area contributed by atoms with E-state index >= 15 is 0 Å². The van der Waals surface area contributed by atoms with E-state index in [0.717, 1.165) is 50.1 Å². The fourth-order valence-corrected chi connectivity index (χ4v) is 7.03. The maximum atomic E-state index is 13.1. The van der Waals surface area contributed by atoms with Crippen LogP contribution in [-0.2, 0) is 11.2 Å². The Morgan fingerprint density at radius 2 is 1.66 bits per heavy atom. The van der Waals surface area contributed by atoms with Gasteiger partial charge in [0.05, 0.1) is 0 Å². The molecule has 4 bridgehead atoms. The second-order valence-corrected chi connectivity index (χ2v) is 10.5. The lowest BCUT2D eigenvalue weighted by Crippen LogP contribution is -2.47. The molecule has 4 saturated carbocycles. The first-order valence-corrected chi connectivity index (χ1v) is 12.3. The third-order valence-electron chi connectivity index (χ3n) is 8.07. The number of unbranched alkanes of at least 4 members (excludes halogenated alkanes) is 2. The first-order valence-electron chi connectivity index (χ1n) is 12.3. The monoisotopic (exact) mass is 396 g/mol. The van der Waals surface area contributed by atoms with Crippen LogP contribution in [0, 0.1) is 23.2 Å². The van der Waals surface area contributed by atoms with Crippen molar-refractivity contribution in [2.75, 3.05) is 13.1 Å². The number of hydrogen-bond acceptors (Lipinski definition) is 2. The van der Waals surface area contributed by atoms with Gasteiger partial charge in [-0.3, -0.25) is 9.78 Å². The molecule has 5 rings (SSSR count). The molecule has 160 valence electrons. The van der Waals surface area contributed by atoms with Crippen molar-refractivity contribution in [2.24, 2.45) is 23.2 Å². The Hall–Kier alpha value is -1.38. The summed E-state index contributed by atoms with van der Waals surface area (Å²) in [7, 11) is 0. The van der Waals surface area contributed by atoms with Crippen molar-refractivity contribution < 1.29 is 4.79 Å². The van der Waals surface area contributed by atoms with E-state index in [4.69, 9.17) is 0 Å². The SMILES string of the molecule is CCCCCN(CCC12CC3CC(CC(C3)C1)C2)C(=O)CCCc1ccncc1. The Morgan fingerprint density at radius 1 is 1.00 bits per heavy atom. The summed E-state index contributed by atoms with van der Waals surface area (Å²) in [5.41, 5.74) is 1.87. The van der Waals surface area contributed by atoms with Crippen LogP contribution in [0.1, 0.15) is 89.5 Å². The Labute approximate surface area is 177 Å². The van der Waals surface area contributed by atoms with E-state index in [-0.39, 0.29) is 0 Å². The van der Waals surface area contributed by atoms with Crippen LogP contribution in [0.4, 0.5) is 0 Å². The second kappa shape index (κ2) is 9.62. The Balaban J connectivity index is 1.29. The summed E-state index contributed by atoms with van der Waals surface area (Å²) in [6.07, 6.45) is 20.1. The van der Waals surface area contributed by atoms with E-state index in [1.54, 1.807) is 0 Å². The molecule has 0 spiro atoms. The molecule has 0 aliphatic heterocycles. The molecule has 4 aliphatic carbocycles. The van der Waals surface area contributed by atoms with Crippen LogP contribution < -0.4 is 0 Å². The van der Waals surface area contributed by atoms with Gasteiger partial charge in [0.1, 0.15) is 0 Å². The quantitative estimate of drug-likeness (QED) is 0.428. The standard InChI is InChI=1S/C26H40N2O/c1-2-3-4-13-28(25(29)7-5-6-21-8-11-27-12-9-21)14-10-26-18-22-15-23(19-26)17-24(16-22)20-26/h8-9,11-12,22-24H,2-7,10,13-20H2,1H3. The van der Waals surface area contributed by atoms with Gasteiger partial charge in [0.25, 0.3) is 0 Å². The number of amides is 1. The molecule has 29 heavy (non-hydrogen) atoms. The van der Waals surface area contributed by atoms with Crippen LogP contribution in [0.15, 0.2) is 24.5 Å². The Bertz CT molecular complexity index is 621. The highest BCUT2D eigenvalue weighted by Crippen LogP contribution is 2.61. The van der Waals surface area contributed by atoms with Crippen molar-refractivity contribution in [3.05, 3.63) is 30.1 Å². The summed E-state index contributed by atoms with van der Waals surface area (Å²) < 4.78 is 0. The van der Waals surface area contributed by atoms with Gasteiger partial charge >= 0.3 is 0 Å². The van der Waals surface area contributed by atoms with Gasteiger partial charge in [-0.25, -0.2) is 0 Å². The first-order chi connectivity index (χ1) is 14.2. The summed E-state index contributed by atoms with van der Waals surface area (Å²) >= 11 is 0. The van der Waals surface area contributed by atoms with E-state index in [0.29, 0.717) is 17.7 Å². The second-order valence-electron chi connectivity index (χ2n) is 10.5. The molecule has 0 unspecified atom stereocenters. The lowest BCUT2D eigenvalue weighted by Gasteiger charge is -2.57. The highest BCUT2D eigenvalue weighted by Gasteiger charge is 2.50. The average molecular weight is 397 g/mol. The van der Waals surface area contributed by atoms with Gasteiger partial charge in [0, 0.05) is 31.9 Å². The smallest absolute Gasteiger partial charge is 0.222 e. The third kappa shape index (κ3) is 5.41. The number of pyridine rings is 1. The highest BCUT2D eigenvalue weighted by molar-refractivity contribution is 5.76. The zero-order valence-corrected chi connectivity index (χ0v) is 18.5.